The highest BCUT2D eigenvalue weighted by Gasteiger charge is 2.32. The van der Waals surface area contributed by atoms with Crippen molar-refractivity contribution in [3.8, 4) is 0 Å². The fourth-order valence-corrected chi connectivity index (χ4v) is 3.66. The second-order valence-electron chi connectivity index (χ2n) is 6.05. The van der Waals surface area contributed by atoms with Gasteiger partial charge in [-0.05, 0) is 37.7 Å². The van der Waals surface area contributed by atoms with Crippen LogP contribution in [0.5, 0.6) is 0 Å². The van der Waals surface area contributed by atoms with E-state index in [0.29, 0.717) is 24.1 Å². The van der Waals surface area contributed by atoms with Crippen molar-refractivity contribution in [2.45, 2.75) is 63.1 Å². The highest BCUT2D eigenvalue weighted by Crippen LogP contribution is 2.34. The third-order valence-electron chi connectivity index (χ3n) is 4.80. The molecule has 1 aromatic rings. The van der Waals surface area contributed by atoms with E-state index in [2.05, 4.69) is 42.6 Å². The summed E-state index contributed by atoms with van der Waals surface area (Å²) in [5.74, 6) is 0.683. The van der Waals surface area contributed by atoms with E-state index >= 15 is 0 Å². The van der Waals surface area contributed by atoms with E-state index in [0.717, 1.165) is 6.61 Å². The molecule has 4 atom stereocenters. The van der Waals surface area contributed by atoms with Gasteiger partial charge < -0.3 is 10.1 Å². The van der Waals surface area contributed by atoms with Crippen LogP contribution in [-0.4, -0.2) is 24.8 Å². The van der Waals surface area contributed by atoms with Gasteiger partial charge in [0.25, 0.3) is 0 Å². The molecule has 2 heteroatoms. The molecule has 0 spiro atoms. The van der Waals surface area contributed by atoms with Gasteiger partial charge in [0, 0.05) is 18.7 Å². The molecule has 1 saturated carbocycles. The molecular formula is C17H25NO. The van der Waals surface area contributed by atoms with Crippen molar-refractivity contribution in [1.29, 1.82) is 0 Å². The number of hydrogen-bond acceptors (Lipinski definition) is 2. The Morgan fingerprint density at radius 2 is 1.79 bits per heavy atom. The molecule has 1 aromatic carbocycles. The summed E-state index contributed by atoms with van der Waals surface area (Å²) >= 11 is 0. The first-order valence-corrected chi connectivity index (χ1v) is 7.77. The molecule has 0 aromatic heterocycles. The van der Waals surface area contributed by atoms with Crippen molar-refractivity contribution >= 4 is 0 Å². The van der Waals surface area contributed by atoms with E-state index in [1.807, 2.05) is 0 Å². The Morgan fingerprint density at radius 3 is 2.53 bits per heavy atom. The standard InChI is InChI=1S/C17H25NO/c1-13-16(11-12-19-13)18-17-10-6-5-9-15(17)14-7-3-2-4-8-14/h2-4,7-8,13,15-18H,5-6,9-12H2,1H3. The van der Waals surface area contributed by atoms with Crippen LogP contribution < -0.4 is 5.32 Å². The van der Waals surface area contributed by atoms with Gasteiger partial charge in [0.05, 0.1) is 6.10 Å². The molecule has 104 valence electrons. The molecule has 1 aliphatic carbocycles. The maximum atomic E-state index is 5.69. The maximum Gasteiger partial charge on any atom is 0.0700 e. The van der Waals surface area contributed by atoms with Crippen LogP contribution in [0.1, 0.15) is 50.5 Å². The Kier molecular flexibility index (Phi) is 4.19. The van der Waals surface area contributed by atoms with Crippen LogP contribution in [0, 0.1) is 0 Å². The largest absolute Gasteiger partial charge is 0.377 e. The average Bonchev–Trinajstić information content (AvgIpc) is 2.86. The predicted octanol–water partition coefficient (Wildman–Crippen LogP) is 3.48. The van der Waals surface area contributed by atoms with Gasteiger partial charge in [-0.3, -0.25) is 0 Å². The van der Waals surface area contributed by atoms with Crippen molar-refractivity contribution in [2.24, 2.45) is 0 Å². The van der Waals surface area contributed by atoms with E-state index < -0.39 is 0 Å². The van der Waals surface area contributed by atoms with Gasteiger partial charge in [-0.1, -0.05) is 43.2 Å². The van der Waals surface area contributed by atoms with Crippen molar-refractivity contribution in [3.63, 3.8) is 0 Å². The van der Waals surface area contributed by atoms with E-state index in [9.17, 15) is 0 Å². The van der Waals surface area contributed by atoms with Crippen LogP contribution in [0.15, 0.2) is 30.3 Å². The fourth-order valence-electron chi connectivity index (χ4n) is 3.66. The Bertz CT molecular complexity index is 392. The first kappa shape index (κ1) is 13.1. The number of rotatable bonds is 3. The molecule has 1 N–H and O–H groups in total. The number of ether oxygens (including phenoxy) is 1. The van der Waals surface area contributed by atoms with Gasteiger partial charge in [-0.15, -0.1) is 0 Å². The Morgan fingerprint density at radius 1 is 1.00 bits per heavy atom. The van der Waals surface area contributed by atoms with Crippen LogP contribution in [0.3, 0.4) is 0 Å². The fraction of sp³-hybridized carbons (Fsp3) is 0.647. The molecule has 0 radical (unpaired) electrons. The van der Waals surface area contributed by atoms with Crippen LogP contribution in [-0.2, 0) is 4.74 Å². The third kappa shape index (κ3) is 3.01. The Hall–Kier alpha value is -0.860. The monoisotopic (exact) mass is 259 g/mol. The summed E-state index contributed by atoms with van der Waals surface area (Å²) < 4.78 is 5.69. The molecule has 2 nitrogen and oxygen atoms in total. The first-order chi connectivity index (χ1) is 9.34. The lowest BCUT2D eigenvalue weighted by Gasteiger charge is -2.35. The smallest absolute Gasteiger partial charge is 0.0700 e. The van der Waals surface area contributed by atoms with Crippen LogP contribution >= 0.6 is 0 Å². The van der Waals surface area contributed by atoms with Crippen molar-refractivity contribution in [2.75, 3.05) is 6.61 Å². The lowest BCUT2D eigenvalue weighted by atomic mass is 9.79. The van der Waals surface area contributed by atoms with Crippen molar-refractivity contribution in [1.82, 2.24) is 5.32 Å². The quantitative estimate of drug-likeness (QED) is 0.897. The van der Waals surface area contributed by atoms with Gasteiger partial charge in [-0.25, -0.2) is 0 Å². The van der Waals surface area contributed by atoms with Crippen LogP contribution in [0.2, 0.25) is 0 Å². The summed E-state index contributed by atoms with van der Waals surface area (Å²) in [6, 6.07) is 12.2. The van der Waals surface area contributed by atoms with Gasteiger partial charge >= 0.3 is 0 Å². The van der Waals surface area contributed by atoms with Crippen LogP contribution in [0.25, 0.3) is 0 Å². The van der Waals surface area contributed by atoms with Crippen molar-refractivity contribution in [3.05, 3.63) is 35.9 Å². The van der Waals surface area contributed by atoms with Crippen LogP contribution in [0.4, 0.5) is 0 Å². The molecule has 0 bridgehead atoms. The number of benzene rings is 1. The summed E-state index contributed by atoms with van der Waals surface area (Å²) in [4.78, 5) is 0. The highest BCUT2D eigenvalue weighted by atomic mass is 16.5. The zero-order chi connectivity index (χ0) is 13.1. The second-order valence-corrected chi connectivity index (χ2v) is 6.05. The highest BCUT2D eigenvalue weighted by molar-refractivity contribution is 5.22. The van der Waals surface area contributed by atoms with E-state index in [4.69, 9.17) is 4.74 Å². The normalized spacial score (nSPS) is 35.4. The molecule has 1 heterocycles. The zero-order valence-corrected chi connectivity index (χ0v) is 11.8. The van der Waals surface area contributed by atoms with E-state index in [1.165, 1.54) is 37.7 Å². The minimum atomic E-state index is 0.373. The first-order valence-electron chi connectivity index (χ1n) is 7.77. The van der Waals surface area contributed by atoms with Gasteiger partial charge in [0.1, 0.15) is 0 Å². The molecular weight excluding hydrogens is 234 g/mol. The molecule has 0 amide bonds. The predicted molar refractivity (Wildman–Crippen MR) is 78.4 cm³/mol. The topological polar surface area (TPSA) is 21.3 Å². The number of hydrogen-bond donors (Lipinski definition) is 1. The molecule has 4 unspecified atom stereocenters. The van der Waals surface area contributed by atoms with E-state index in [-0.39, 0.29) is 0 Å². The third-order valence-corrected chi connectivity index (χ3v) is 4.80. The average molecular weight is 259 g/mol. The van der Waals surface area contributed by atoms with E-state index in [1.54, 1.807) is 0 Å². The number of nitrogens with one attached hydrogen (secondary N) is 1. The summed E-state index contributed by atoms with van der Waals surface area (Å²) in [5, 5.41) is 3.89. The molecule has 2 fully saturated rings. The summed E-state index contributed by atoms with van der Waals surface area (Å²) in [6.45, 7) is 3.12. The summed E-state index contributed by atoms with van der Waals surface area (Å²) in [5.41, 5.74) is 1.51. The van der Waals surface area contributed by atoms with Crippen molar-refractivity contribution < 1.29 is 4.74 Å². The molecule has 1 aliphatic heterocycles. The molecule has 3 rings (SSSR count). The molecule has 19 heavy (non-hydrogen) atoms. The summed E-state index contributed by atoms with van der Waals surface area (Å²) in [7, 11) is 0. The zero-order valence-electron chi connectivity index (χ0n) is 11.8. The second kappa shape index (κ2) is 6.06. The molecule has 2 aliphatic rings. The minimum absolute atomic E-state index is 0.373. The lowest BCUT2D eigenvalue weighted by Crippen LogP contribution is -2.46. The summed E-state index contributed by atoms with van der Waals surface area (Å²) in [6.07, 6.45) is 6.90. The van der Waals surface area contributed by atoms with Gasteiger partial charge in [0.2, 0.25) is 0 Å². The minimum Gasteiger partial charge on any atom is -0.377 e. The molecule has 1 saturated heterocycles. The Labute approximate surface area is 116 Å². The van der Waals surface area contributed by atoms with Gasteiger partial charge in [-0.2, -0.15) is 0 Å². The Balaban J connectivity index is 1.70. The maximum absolute atomic E-state index is 5.69. The van der Waals surface area contributed by atoms with Gasteiger partial charge in [0.15, 0.2) is 0 Å². The lowest BCUT2D eigenvalue weighted by molar-refractivity contribution is 0.108. The SMILES string of the molecule is CC1OCCC1NC1CCCCC1c1ccccc1.